The van der Waals surface area contributed by atoms with Gasteiger partial charge in [-0.25, -0.2) is 0 Å². The van der Waals surface area contributed by atoms with Gasteiger partial charge in [-0.05, 0) is 36.5 Å². The van der Waals surface area contributed by atoms with E-state index in [0.29, 0.717) is 13.0 Å². The lowest BCUT2D eigenvalue weighted by molar-refractivity contribution is -0.126. The summed E-state index contributed by atoms with van der Waals surface area (Å²) in [5, 5.41) is 2.98. The van der Waals surface area contributed by atoms with Crippen molar-refractivity contribution in [3.05, 3.63) is 23.8 Å². The Morgan fingerprint density at radius 2 is 2.40 bits per heavy atom. The summed E-state index contributed by atoms with van der Waals surface area (Å²) in [5.74, 6) is 2.56. The highest BCUT2D eigenvalue weighted by Crippen LogP contribution is 2.35. The van der Waals surface area contributed by atoms with Crippen LogP contribution in [0.3, 0.4) is 0 Å². The summed E-state index contributed by atoms with van der Waals surface area (Å²) in [6.07, 6.45) is 3.78. The van der Waals surface area contributed by atoms with E-state index in [2.05, 4.69) is 11.6 Å². The summed E-state index contributed by atoms with van der Waals surface area (Å²) < 4.78 is 11.0. The third-order valence-electron chi connectivity index (χ3n) is 3.37. The molecule has 1 aliphatic heterocycles. The van der Waals surface area contributed by atoms with Crippen molar-refractivity contribution in [1.29, 1.82) is 0 Å². The quantitative estimate of drug-likeness (QED) is 0.817. The van der Waals surface area contributed by atoms with E-state index in [-0.39, 0.29) is 11.8 Å². The number of benzene rings is 1. The van der Waals surface area contributed by atoms with Gasteiger partial charge >= 0.3 is 0 Å². The molecular weight excluding hydrogens is 274 g/mol. The standard InChI is InChI=1S/C15H21NO3S/c1-18-13-6-3-5-11-9-12(10-19-14(11)13)15(17)16-7-4-8-20-2/h3,5-6,12H,4,7-10H2,1-2H3,(H,16,17)/t12-/m0/s1. The lowest BCUT2D eigenvalue weighted by atomic mass is 9.95. The normalized spacial score (nSPS) is 17.0. The molecule has 1 N–H and O–H groups in total. The molecule has 1 aromatic carbocycles. The van der Waals surface area contributed by atoms with E-state index in [9.17, 15) is 4.79 Å². The van der Waals surface area contributed by atoms with Gasteiger partial charge in [0.1, 0.15) is 6.61 Å². The maximum absolute atomic E-state index is 12.1. The number of hydrogen-bond acceptors (Lipinski definition) is 4. The van der Waals surface area contributed by atoms with Gasteiger partial charge in [-0.3, -0.25) is 4.79 Å². The highest BCUT2D eigenvalue weighted by Gasteiger charge is 2.27. The summed E-state index contributed by atoms with van der Waals surface area (Å²) in [4.78, 5) is 12.1. The van der Waals surface area contributed by atoms with Crippen LogP contribution in [0.1, 0.15) is 12.0 Å². The van der Waals surface area contributed by atoms with Gasteiger partial charge in [0.15, 0.2) is 11.5 Å². The smallest absolute Gasteiger partial charge is 0.226 e. The van der Waals surface area contributed by atoms with Crippen molar-refractivity contribution in [3.8, 4) is 11.5 Å². The average molecular weight is 295 g/mol. The molecular formula is C15H21NO3S. The fourth-order valence-corrected chi connectivity index (χ4v) is 2.73. The van der Waals surface area contributed by atoms with Gasteiger partial charge in [0.2, 0.25) is 5.91 Å². The molecule has 1 heterocycles. The molecule has 0 fully saturated rings. The molecule has 1 atom stereocenters. The van der Waals surface area contributed by atoms with Gasteiger partial charge in [0, 0.05) is 6.54 Å². The molecule has 4 nitrogen and oxygen atoms in total. The molecule has 2 rings (SSSR count). The fourth-order valence-electron chi connectivity index (χ4n) is 2.30. The molecule has 0 radical (unpaired) electrons. The molecule has 1 aliphatic rings. The summed E-state index contributed by atoms with van der Waals surface area (Å²) >= 11 is 1.79. The Bertz CT molecular complexity index is 464. The van der Waals surface area contributed by atoms with Gasteiger partial charge in [-0.2, -0.15) is 11.8 Å². The number of ether oxygens (including phenoxy) is 2. The van der Waals surface area contributed by atoms with Gasteiger partial charge in [0.25, 0.3) is 0 Å². The Kier molecular flexibility index (Phi) is 5.59. The topological polar surface area (TPSA) is 47.6 Å². The minimum absolute atomic E-state index is 0.0829. The molecule has 0 aromatic heterocycles. The maximum atomic E-state index is 12.1. The Balaban J connectivity index is 1.92. The average Bonchev–Trinajstić information content (AvgIpc) is 2.50. The highest BCUT2D eigenvalue weighted by molar-refractivity contribution is 7.98. The van der Waals surface area contributed by atoms with Crippen molar-refractivity contribution >= 4 is 17.7 Å². The second kappa shape index (κ2) is 7.43. The molecule has 1 aromatic rings. The van der Waals surface area contributed by atoms with Crippen LogP contribution in [0.25, 0.3) is 0 Å². The predicted molar refractivity (Wildman–Crippen MR) is 81.7 cm³/mol. The van der Waals surface area contributed by atoms with Gasteiger partial charge < -0.3 is 14.8 Å². The zero-order valence-electron chi connectivity index (χ0n) is 12.0. The van der Waals surface area contributed by atoms with Crippen molar-refractivity contribution in [2.45, 2.75) is 12.8 Å². The van der Waals surface area contributed by atoms with Crippen molar-refractivity contribution in [2.75, 3.05) is 32.3 Å². The number of carbonyl (C=O) groups is 1. The second-order valence-corrected chi connectivity index (χ2v) is 5.78. The molecule has 1 amide bonds. The van der Waals surface area contributed by atoms with Gasteiger partial charge in [0.05, 0.1) is 13.0 Å². The van der Waals surface area contributed by atoms with E-state index in [1.807, 2.05) is 18.2 Å². The number of carbonyl (C=O) groups excluding carboxylic acids is 1. The van der Waals surface area contributed by atoms with Crippen LogP contribution in [0.2, 0.25) is 0 Å². The Hall–Kier alpha value is -1.36. The van der Waals surface area contributed by atoms with Crippen LogP contribution in [-0.4, -0.2) is 38.2 Å². The van der Waals surface area contributed by atoms with Crippen LogP contribution in [0.15, 0.2) is 18.2 Å². The van der Waals surface area contributed by atoms with Crippen LogP contribution < -0.4 is 14.8 Å². The molecule has 0 saturated carbocycles. The Labute approximate surface area is 124 Å². The first-order chi connectivity index (χ1) is 9.76. The van der Waals surface area contributed by atoms with Crippen LogP contribution in [0.4, 0.5) is 0 Å². The number of thioether (sulfide) groups is 1. The molecule has 0 aliphatic carbocycles. The number of amides is 1. The molecule has 0 bridgehead atoms. The first kappa shape index (κ1) is 15.0. The summed E-state index contributed by atoms with van der Waals surface area (Å²) in [7, 11) is 1.63. The fraction of sp³-hybridized carbons (Fsp3) is 0.533. The van der Waals surface area contributed by atoms with E-state index < -0.39 is 0 Å². The Morgan fingerprint density at radius 1 is 1.55 bits per heavy atom. The molecule has 0 saturated heterocycles. The molecule has 5 heteroatoms. The lowest BCUT2D eigenvalue weighted by Crippen LogP contribution is -2.37. The predicted octanol–water partition coefficient (Wildman–Crippen LogP) is 2.12. The van der Waals surface area contributed by atoms with Gasteiger partial charge in [-0.15, -0.1) is 0 Å². The van der Waals surface area contributed by atoms with Crippen LogP contribution >= 0.6 is 11.8 Å². The molecule has 20 heavy (non-hydrogen) atoms. The maximum Gasteiger partial charge on any atom is 0.226 e. The van der Waals surface area contributed by atoms with Gasteiger partial charge in [-0.1, -0.05) is 12.1 Å². The Morgan fingerprint density at radius 3 is 3.15 bits per heavy atom. The second-order valence-electron chi connectivity index (χ2n) is 4.80. The zero-order chi connectivity index (χ0) is 14.4. The van der Waals surface area contributed by atoms with Crippen molar-refractivity contribution in [2.24, 2.45) is 5.92 Å². The van der Waals surface area contributed by atoms with Crippen LogP contribution in [0, 0.1) is 5.92 Å². The summed E-state index contributed by atoms with van der Waals surface area (Å²) in [6.45, 7) is 1.16. The SMILES string of the molecule is COc1cccc2c1OC[C@@H](C(=O)NCCCSC)C2. The van der Waals surface area contributed by atoms with Crippen molar-refractivity contribution in [3.63, 3.8) is 0 Å². The number of hydrogen-bond donors (Lipinski definition) is 1. The number of fused-ring (bicyclic) bond motifs is 1. The van der Waals surface area contributed by atoms with Crippen LogP contribution in [0.5, 0.6) is 11.5 Å². The molecule has 0 spiro atoms. The summed E-state index contributed by atoms with van der Waals surface area (Å²) in [6, 6.07) is 5.80. The molecule has 110 valence electrons. The highest BCUT2D eigenvalue weighted by atomic mass is 32.2. The number of nitrogens with one attached hydrogen (secondary N) is 1. The lowest BCUT2D eigenvalue weighted by Gasteiger charge is -2.25. The minimum Gasteiger partial charge on any atom is -0.493 e. The third-order valence-corrected chi connectivity index (χ3v) is 4.07. The number of methoxy groups -OCH3 is 1. The zero-order valence-corrected chi connectivity index (χ0v) is 12.8. The van der Waals surface area contributed by atoms with E-state index in [0.717, 1.165) is 35.8 Å². The largest absolute Gasteiger partial charge is 0.493 e. The van der Waals surface area contributed by atoms with E-state index in [1.165, 1.54) is 0 Å². The first-order valence-corrected chi connectivity index (χ1v) is 8.21. The van der Waals surface area contributed by atoms with E-state index in [4.69, 9.17) is 9.47 Å². The minimum atomic E-state index is -0.108. The van der Waals surface area contributed by atoms with Crippen molar-refractivity contribution in [1.82, 2.24) is 5.32 Å². The van der Waals surface area contributed by atoms with Crippen LogP contribution in [-0.2, 0) is 11.2 Å². The van der Waals surface area contributed by atoms with E-state index >= 15 is 0 Å². The van der Waals surface area contributed by atoms with Crippen molar-refractivity contribution < 1.29 is 14.3 Å². The molecule has 0 unspecified atom stereocenters. The first-order valence-electron chi connectivity index (χ1n) is 6.81. The number of para-hydroxylation sites is 1. The number of rotatable bonds is 6. The monoisotopic (exact) mass is 295 g/mol. The summed E-state index contributed by atoms with van der Waals surface area (Å²) in [5.41, 5.74) is 1.04. The third kappa shape index (κ3) is 3.60. The van der Waals surface area contributed by atoms with E-state index in [1.54, 1.807) is 18.9 Å².